The van der Waals surface area contributed by atoms with E-state index >= 15 is 0 Å². The molecule has 0 fully saturated rings. The Hall–Kier alpha value is -2.73. The maximum absolute atomic E-state index is 12.0. The van der Waals surface area contributed by atoms with E-state index in [4.69, 9.17) is 21.1 Å². The van der Waals surface area contributed by atoms with Crippen LogP contribution in [0.1, 0.15) is 21.5 Å². The summed E-state index contributed by atoms with van der Waals surface area (Å²) in [4.78, 5) is 24.0. The van der Waals surface area contributed by atoms with Gasteiger partial charge in [0.05, 0.1) is 12.8 Å². The van der Waals surface area contributed by atoms with Gasteiger partial charge in [-0.25, -0.2) is 4.79 Å². The molecule has 0 aromatic heterocycles. The van der Waals surface area contributed by atoms with Gasteiger partial charge in [-0.05, 0) is 43.2 Å². The number of hydrogen-bond acceptors (Lipinski definition) is 5. The number of rotatable bonds is 5. The summed E-state index contributed by atoms with van der Waals surface area (Å²) in [6.07, 6.45) is 0. The lowest BCUT2D eigenvalue weighted by Gasteiger charge is -2.12. The zero-order valence-corrected chi connectivity index (χ0v) is 14.8. The summed E-state index contributed by atoms with van der Waals surface area (Å²) in [5.41, 5.74) is 1.98. The van der Waals surface area contributed by atoms with Gasteiger partial charge in [0.15, 0.2) is 6.61 Å². The maximum Gasteiger partial charge on any atom is 0.342 e. The number of nitrogens with one attached hydrogen (secondary N) is 1. The molecule has 6 nitrogen and oxygen atoms in total. The SMILES string of the molecule is COc1cc(Cl)c(C)cc1NC(=O)COC(=O)c1ccc(C)cc1O. The van der Waals surface area contributed by atoms with Gasteiger partial charge in [-0.3, -0.25) is 4.79 Å². The second-order valence-corrected chi connectivity index (χ2v) is 5.85. The molecule has 0 spiro atoms. The minimum atomic E-state index is -0.785. The largest absolute Gasteiger partial charge is 0.507 e. The lowest BCUT2D eigenvalue weighted by molar-refractivity contribution is -0.119. The average Bonchev–Trinajstić information content (AvgIpc) is 2.55. The third kappa shape index (κ3) is 4.64. The summed E-state index contributed by atoms with van der Waals surface area (Å²) in [5, 5.41) is 12.9. The van der Waals surface area contributed by atoms with Crippen molar-refractivity contribution >= 4 is 29.2 Å². The van der Waals surface area contributed by atoms with Crippen molar-refractivity contribution in [1.29, 1.82) is 0 Å². The van der Waals surface area contributed by atoms with Crippen molar-refractivity contribution in [3.05, 3.63) is 52.0 Å². The van der Waals surface area contributed by atoms with E-state index in [1.54, 1.807) is 32.0 Å². The first-order chi connectivity index (χ1) is 11.8. The number of methoxy groups -OCH3 is 1. The van der Waals surface area contributed by atoms with Crippen LogP contribution in [0.4, 0.5) is 5.69 Å². The van der Waals surface area contributed by atoms with Crippen molar-refractivity contribution in [2.75, 3.05) is 19.0 Å². The zero-order valence-electron chi connectivity index (χ0n) is 14.1. The zero-order chi connectivity index (χ0) is 18.6. The lowest BCUT2D eigenvalue weighted by atomic mass is 10.1. The van der Waals surface area contributed by atoms with Gasteiger partial charge in [-0.15, -0.1) is 0 Å². The number of phenolic OH excluding ortho intramolecular Hbond substituents is 1. The Morgan fingerprint density at radius 1 is 1.20 bits per heavy atom. The number of esters is 1. The lowest BCUT2D eigenvalue weighted by Crippen LogP contribution is -2.21. The van der Waals surface area contributed by atoms with Crippen LogP contribution in [-0.4, -0.2) is 30.7 Å². The van der Waals surface area contributed by atoms with Gasteiger partial charge in [0, 0.05) is 11.1 Å². The summed E-state index contributed by atoms with van der Waals surface area (Å²) in [6, 6.07) is 7.79. The van der Waals surface area contributed by atoms with Crippen LogP contribution in [0.5, 0.6) is 11.5 Å². The summed E-state index contributed by atoms with van der Waals surface area (Å²) in [7, 11) is 1.46. The fraction of sp³-hybridized carbons (Fsp3) is 0.222. The number of anilines is 1. The topological polar surface area (TPSA) is 84.9 Å². The second-order valence-electron chi connectivity index (χ2n) is 5.45. The Morgan fingerprint density at radius 2 is 1.92 bits per heavy atom. The molecule has 7 heteroatoms. The molecule has 0 unspecified atom stereocenters. The van der Waals surface area contributed by atoms with Crippen LogP contribution in [0.25, 0.3) is 0 Å². The third-order valence-electron chi connectivity index (χ3n) is 3.46. The first-order valence-electron chi connectivity index (χ1n) is 7.42. The van der Waals surface area contributed by atoms with Gasteiger partial charge in [-0.1, -0.05) is 17.7 Å². The molecule has 0 radical (unpaired) electrons. The van der Waals surface area contributed by atoms with Gasteiger partial charge < -0.3 is 19.9 Å². The molecule has 0 saturated carbocycles. The van der Waals surface area contributed by atoms with Crippen molar-refractivity contribution < 1.29 is 24.2 Å². The van der Waals surface area contributed by atoms with Crippen molar-refractivity contribution in [2.45, 2.75) is 13.8 Å². The number of carbonyl (C=O) groups excluding carboxylic acids is 2. The molecule has 2 N–H and O–H groups in total. The second kappa shape index (κ2) is 7.90. The molecule has 2 rings (SSSR count). The fourth-order valence-corrected chi connectivity index (χ4v) is 2.29. The van der Waals surface area contributed by atoms with Crippen molar-refractivity contribution in [3.8, 4) is 11.5 Å². The van der Waals surface area contributed by atoms with Gasteiger partial charge in [0.1, 0.15) is 17.1 Å². The van der Waals surface area contributed by atoms with Crippen LogP contribution < -0.4 is 10.1 Å². The van der Waals surface area contributed by atoms with E-state index in [0.29, 0.717) is 16.5 Å². The molecule has 0 heterocycles. The summed E-state index contributed by atoms with van der Waals surface area (Å²) < 4.78 is 10.1. The van der Waals surface area contributed by atoms with Gasteiger partial charge in [-0.2, -0.15) is 0 Å². The number of aryl methyl sites for hydroxylation is 2. The number of carbonyl (C=O) groups is 2. The molecule has 1 amide bonds. The first-order valence-corrected chi connectivity index (χ1v) is 7.80. The standard InChI is InChI=1S/C18H18ClNO5/c1-10-4-5-12(15(21)6-10)18(23)25-9-17(22)20-14-7-11(2)13(19)8-16(14)24-3/h4-8,21H,9H2,1-3H3,(H,20,22). The van der Waals surface area contributed by atoms with Gasteiger partial charge in [0.25, 0.3) is 5.91 Å². The third-order valence-corrected chi connectivity index (χ3v) is 3.87. The van der Waals surface area contributed by atoms with Gasteiger partial charge >= 0.3 is 5.97 Å². The van der Waals surface area contributed by atoms with Crippen LogP contribution in [0.2, 0.25) is 5.02 Å². The number of ether oxygens (including phenoxy) is 2. The number of benzene rings is 2. The van der Waals surface area contributed by atoms with Crippen LogP contribution >= 0.6 is 11.6 Å². The van der Waals surface area contributed by atoms with Crippen LogP contribution in [0.3, 0.4) is 0 Å². The minimum absolute atomic E-state index is 0.00156. The Balaban J connectivity index is 2.01. The van der Waals surface area contributed by atoms with E-state index in [2.05, 4.69) is 5.32 Å². The molecule has 25 heavy (non-hydrogen) atoms. The first kappa shape index (κ1) is 18.6. The smallest absolute Gasteiger partial charge is 0.342 e. The van der Waals surface area contributed by atoms with Crippen molar-refractivity contribution in [2.24, 2.45) is 0 Å². The molecule has 0 bridgehead atoms. The normalized spacial score (nSPS) is 10.2. The van der Waals surface area contributed by atoms with E-state index in [0.717, 1.165) is 11.1 Å². The highest BCUT2D eigenvalue weighted by atomic mass is 35.5. The Bertz CT molecular complexity index is 819. The van der Waals surface area contributed by atoms with Crippen molar-refractivity contribution in [3.63, 3.8) is 0 Å². The van der Waals surface area contributed by atoms with E-state index < -0.39 is 18.5 Å². The van der Waals surface area contributed by atoms with Crippen LogP contribution in [0, 0.1) is 13.8 Å². The number of amides is 1. The predicted octanol–water partition coefficient (Wildman–Crippen LogP) is 3.47. The Morgan fingerprint density at radius 3 is 2.56 bits per heavy atom. The molecule has 0 aliphatic heterocycles. The number of halogens is 1. The Labute approximate surface area is 150 Å². The molecule has 132 valence electrons. The molecule has 0 atom stereocenters. The highest BCUT2D eigenvalue weighted by molar-refractivity contribution is 6.31. The van der Waals surface area contributed by atoms with Crippen LogP contribution in [0.15, 0.2) is 30.3 Å². The van der Waals surface area contributed by atoms with Crippen LogP contribution in [-0.2, 0) is 9.53 Å². The van der Waals surface area contributed by atoms with Crippen molar-refractivity contribution in [1.82, 2.24) is 0 Å². The number of hydrogen-bond donors (Lipinski definition) is 2. The molecule has 0 aliphatic carbocycles. The molecule has 0 aliphatic rings. The van der Waals surface area contributed by atoms with E-state index in [9.17, 15) is 14.7 Å². The average molecular weight is 364 g/mol. The van der Waals surface area contributed by atoms with E-state index in [-0.39, 0.29) is 11.3 Å². The maximum atomic E-state index is 12.0. The highest BCUT2D eigenvalue weighted by Gasteiger charge is 2.16. The van der Waals surface area contributed by atoms with E-state index in [1.165, 1.54) is 19.2 Å². The molecule has 0 saturated heterocycles. The summed E-state index contributed by atoms with van der Waals surface area (Å²) in [6.45, 7) is 3.07. The highest BCUT2D eigenvalue weighted by Crippen LogP contribution is 2.30. The number of phenols is 1. The molecular weight excluding hydrogens is 346 g/mol. The van der Waals surface area contributed by atoms with Gasteiger partial charge in [0.2, 0.25) is 0 Å². The quantitative estimate of drug-likeness (QED) is 0.794. The predicted molar refractivity (Wildman–Crippen MR) is 94.5 cm³/mol. The fourth-order valence-electron chi connectivity index (χ4n) is 2.14. The molecule has 2 aromatic rings. The molecular formula is C18H18ClNO5. The van der Waals surface area contributed by atoms with E-state index in [1.807, 2.05) is 0 Å². The summed E-state index contributed by atoms with van der Waals surface area (Å²) >= 11 is 6.01. The number of aromatic hydroxyl groups is 1. The minimum Gasteiger partial charge on any atom is -0.507 e. The molecule has 2 aromatic carbocycles. The Kier molecular flexibility index (Phi) is 5.88. The summed E-state index contributed by atoms with van der Waals surface area (Å²) in [5.74, 6) is -1.13. The monoisotopic (exact) mass is 363 g/mol.